The Bertz CT molecular complexity index is 860. The number of esters is 2. The Kier molecular flexibility index (Phi) is 40.9. The van der Waals surface area contributed by atoms with Gasteiger partial charge in [-0.25, -0.2) is 4.57 Å². The third kappa shape index (κ3) is 40.7. The largest absolute Gasteiger partial charge is 0.472 e. The summed E-state index contributed by atoms with van der Waals surface area (Å²) in [6.45, 7) is 3.78. The Hall–Kier alpha value is -0.990. The minimum Gasteiger partial charge on any atom is -0.462 e. The average Bonchev–Trinajstić information content (AvgIpc) is 3.16. The zero-order valence-corrected chi connectivity index (χ0v) is 36.4. The summed E-state index contributed by atoms with van der Waals surface area (Å²) in [6.07, 6.45) is 41.3. The molecule has 0 fully saturated rings. The van der Waals surface area contributed by atoms with Crippen molar-refractivity contribution >= 4 is 19.8 Å². The smallest absolute Gasteiger partial charge is 0.462 e. The van der Waals surface area contributed by atoms with Crippen LogP contribution < -0.4 is 5.73 Å². The van der Waals surface area contributed by atoms with E-state index in [1.165, 1.54) is 173 Å². The second-order valence-corrected chi connectivity index (χ2v) is 17.1. The minimum absolute atomic E-state index is 0.0581. The number of ether oxygens (including phenoxy) is 2. The first-order chi connectivity index (χ1) is 26.3. The fraction of sp³-hybridized carbons (Fsp3) is 0.955. The summed E-state index contributed by atoms with van der Waals surface area (Å²) in [6, 6.07) is 0. The summed E-state index contributed by atoms with van der Waals surface area (Å²) in [5, 5.41) is 0. The maximum Gasteiger partial charge on any atom is 0.472 e. The molecular weight excluding hydrogens is 701 g/mol. The predicted octanol–water partition coefficient (Wildman–Crippen LogP) is 13.2. The summed E-state index contributed by atoms with van der Waals surface area (Å²) >= 11 is 0. The third-order valence-electron chi connectivity index (χ3n) is 10.2. The summed E-state index contributed by atoms with van der Waals surface area (Å²) in [4.78, 5) is 34.9. The molecule has 54 heavy (non-hydrogen) atoms. The first-order valence-corrected chi connectivity index (χ1v) is 24.5. The first kappa shape index (κ1) is 53.0. The highest BCUT2D eigenvalue weighted by Crippen LogP contribution is 2.43. The first-order valence-electron chi connectivity index (χ1n) is 23.0. The van der Waals surface area contributed by atoms with Gasteiger partial charge < -0.3 is 20.1 Å². The van der Waals surface area contributed by atoms with Crippen molar-refractivity contribution in [2.75, 3.05) is 26.4 Å². The number of phosphoric ester groups is 1. The van der Waals surface area contributed by atoms with E-state index in [4.69, 9.17) is 24.3 Å². The normalized spacial score (nSPS) is 13.2. The molecule has 10 heteroatoms. The monoisotopic (exact) mass is 790 g/mol. The third-order valence-corrected chi connectivity index (χ3v) is 11.2. The highest BCUT2D eigenvalue weighted by molar-refractivity contribution is 7.47. The molecule has 0 spiro atoms. The van der Waals surface area contributed by atoms with E-state index in [-0.39, 0.29) is 38.6 Å². The van der Waals surface area contributed by atoms with Crippen molar-refractivity contribution < 1.29 is 37.6 Å². The Morgan fingerprint density at radius 1 is 0.481 bits per heavy atom. The van der Waals surface area contributed by atoms with Crippen LogP contribution in [-0.2, 0) is 32.7 Å². The van der Waals surface area contributed by atoms with Gasteiger partial charge in [-0.1, -0.05) is 213 Å². The van der Waals surface area contributed by atoms with Gasteiger partial charge in [-0.3, -0.25) is 18.6 Å². The minimum atomic E-state index is -4.37. The van der Waals surface area contributed by atoms with E-state index in [1.807, 2.05) is 0 Å². The molecule has 0 aliphatic rings. The van der Waals surface area contributed by atoms with E-state index in [9.17, 15) is 19.0 Å². The summed E-state index contributed by atoms with van der Waals surface area (Å²) in [7, 11) is -4.37. The van der Waals surface area contributed by atoms with Crippen molar-refractivity contribution in [2.24, 2.45) is 5.73 Å². The highest BCUT2D eigenvalue weighted by atomic mass is 31.2. The molecule has 0 rings (SSSR count). The standard InChI is InChI=1S/C44H88NO8P/c1-3-5-7-9-11-13-15-17-19-20-21-22-23-25-26-28-30-32-34-36-43(46)50-40-42(41-52-54(48,49)51-39-38-45)53-44(47)37-35-33-31-29-27-24-18-16-14-12-10-8-6-4-2/h42H,3-41,45H2,1-2H3,(H,48,49). The van der Waals surface area contributed by atoms with Gasteiger partial charge in [0.15, 0.2) is 6.10 Å². The number of nitrogens with two attached hydrogens (primary N) is 1. The van der Waals surface area contributed by atoms with Crippen LogP contribution in [0.15, 0.2) is 0 Å². The fourth-order valence-corrected chi connectivity index (χ4v) is 7.58. The van der Waals surface area contributed by atoms with Crippen molar-refractivity contribution in [3.8, 4) is 0 Å². The van der Waals surface area contributed by atoms with E-state index in [0.717, 1.165) is 32.1 Å². The summed E-state index contributed by atoms with van der Waals surface area (Å²) < 4.78 is 32.8. The molecule has 322 valence electrons. The molecule has 0 aromatic heterocycles. The zero-order chi connectivity index (χ0) is 39.6. The Balaban J connectivity index is 4.04. The lowest BCUT2D eigenvalue weighted by molar-refractivity contribution is -0.161. The van der Waals surface area contributed by atoms with Crippen LogP contribution in [0, 0.1) is 0 Å². The molecule has 9 nitrogen and oxygen atoms in total. The number of hydrogen-bond donors (Lipinski definition) is 2. The molecule has 2 unspecified atom stereocenters. The topological polar surface area (TPSA) is 134 Å². The van der Waals surface area contributed by atoms with Crippen molar-refractivity contribution in [3.05, 3.63) is 0 Å². The molecule has 0 saturated heterocycles. The van der Waals surface area contributed by atoms with Crippen LogP contribution >= 0.6 is 7.82 Å². The summed E-state index contributed by atoms with van der Waals surface area (Å²) in [5.41, 5.74) is 5.35. The quantitative estimate of drug-likeness (QED) is 0.0351. The van der Waals surface area contributed by atoms with Crippen LogP contribution in [0.5, 0.6) is 0 Å². The van der Waals surface area contributed by atoms with E-state index < -0.39 is 26.5 Å². The molecule has 3 N–H and O–H groups in total. The molecule has 2 atom stereocenters. The average molecular weight is 790 g/mol. The number of phosphoric acid groups is 1. The van der Waals surface area contributed by atoms with Gasteiger partial charge >= 0.3 is 19.8 Å². The lowest BCUT2D eigenvalue weighted by Crippen LogP contribution is -2.29. The molecule has 0 aromatic carbocycles. The van der Waals surface area contributed by atoms with Gasteiger partial charge in [0, 0.05) is 19.4 Å². The van der Waals surface area contributed by atoms with Gasteiger partial charge in [-0.15, -0.1) is 0 Å². The van der Waals surface area contributed by atoms with Crippen LogP contribution in [0.3, 0.4) is 0 Å². The lowest BCUT2D eigenvalue weighted by Gasteiger charge is -2.19. The zero-order valence-electron chi connectivity index (χ0n) is 35.5. The van der Waals surface area contributed by atoms with Crippen molar-refractivity contribution in [1.29, 1.82) is 0 Å². The van der Waals surface area contributed by atoms with Crippen LogP contribution in [0.2, 0.25) is 0 Å². The van der Waals surface area contributed by atoms with Crippen LogP contribution in [0.4, 0.5) is 0 Å². The molecule has 0 amide bonds. The molecule has 0 saturated carbocycles. The van der Waals surface area contributed by atoms with Gasteiger partial charge in [0.1, 0.15) is 6.61 Å². The van der Waals surface area contributed by atoms with E-state index in [2.05, 4.69) is 13.8 Å². The number of carbonyl (C=O) groups is 2. The number of hydrogen-bond acceptors (Lipinski definition) is 8. The van der Waals surface area contributed by atoms with E-state index in [1.54, 1.807) is 0 Å². The van der Waals surface area contributed by atoms with Crippen molar-refractivity contribution in [1.82, 2.24) is 0 Å². The Labute approximate surface area is 333 Å². The highest BCUT2D eigenvalue weighted by Gasteiger charge is 2.26. The van der Waals surface area contributed by atoms with Crippen LogP contribution in [0.25, 0.3) is 0 Å². The summed E-state index contributed by atoms with van der Waals surface area (Å²) in [5.74, 6) is -0.811. The second kappa shape index (κ2) is 41.6. The van der Waals surface area contributed by atoms with Gasteiger partial charge in [0.2, 0.25) is 0 Å². The molecule has 0 heterocycles. The van der Waals surface area contributed by atoms with E-state index in [0.29, 0.717) is 6.42 Å². The maximum absolute atomic E-state index is 12.6. The van der Waals surface area contributed by atoms with Gasteiger partial charge in [-0.05, 0) is 12.8 Å². The van der Waals surface area contributed by atoms with Crippen molar-refractivity contribution in [2.45, 2.75) is 245 Å². The van der Waals surface area contributed by atoms with E-state index >= 15 is 0 Å². The molecule has 0 aliphatic carbocycles. The predicted molar refractivity (Wildman–Crippen MR) is 225 cm³/mol. The molecule has 0 aliphatic heterocycles. The number of carbonyl (C=O) groups excluding carboxylic acids is 2. The van der Waals surface area contributed by atoms with Crippen LogP contribution in [0.1, 0.15) is 239 Å². The number of unbranched alkanes of at least 4 members (excludes halogenated alkanes) is 31. The number of rotatable bonds is 44. The lowest BCUT2D eigenvalue weighted by atomic mass is 10.0. The van der Waals surface area contributed by atoms with Gasteiger partial charge in [-0.2, -0.15) is 0 Å². The molecule has 0 aromatic rings. The Morgan fingerprint density at radius 3 is 1.13 bits per heavy atom. The fourth-order valence-electron chi connectivity index (χ4n) is 6.81. The van der Waals surface area contributed by atoms with Gasteiger partial charge in [0.05, 0.1) is 13.2 Å². The van der Waals surface area contributed by atoms with Gasteiger partial charge in [0.25, 0.3) is 0 Å². The second-order valence-electron chi connectivity index (χ2n) is 15.6. The maximum atomic E-state index is 12.6. The molecule has 0 bridgehead atoms. The molecule has 0 radical (unpaired) electrons. The van der Waals surface area contributed by atoms with Crippen molar-refractivity contribution in [3.63, 3.8) is 0 Å². The SMILES string of the molecule is CCCCCCCCCCCCCCCCCCCCCC(=O)OCC(COP(=O)(O)OCCN)OC(=O)CCCCCCCCCCCCCCCC. The van der Waals surface area contributed by atoms with Crippen LogP contribution in [-0.4, -0.2) is 49.3 Å². The Morgan fingerprint density at radius 2 is 0.796 bits per heavy atom. The molecular formula is C44H88NO8P.